The van der Waals surface area contributed by atoms with E-state index in [2.05, 4.69) is 22.2 Å². The van der Waals surface area contributed by atoms with Crippen LogP contribution in [0, 0.1) is 6.92 Å². The number of hydrogen-bond acceptors (Lipinski definition) is 4. The van der Waals surface area contributed by atoms with Crippen LogP contribution in [0.1, 0.15) is 24.0 Å². The number of benzene rings is 2. The fourth-order valence-corrected chi connectivity index (χ4v) is 5.36. The molecule has 1 aliphatic rings. The van der Waals surface area contributed by atoms with Crippen LogP contribution in [0.4, 0.5) is 18.9 Å². The molecule has 9 heteroatoms. The second-order valence-corrected chi connectivity index (χ2v) is 10.0. The fraction of sp³-hybridized carbons (Fsp3) is 0.364. The molecule has 0 amide bonds. The summed E-state index contributed by atoms with van der Waals surface area (Å²) < 4.78 is 66.1. The molecule has 1 aromatic heterocycles. The van der Waals surface area contributed by atoms with E-state index in [1.54, 1.807) is 12.1 Å². The number of H-pyrrole nitrogens is 1. The largest absolute Gasteiger partial charge is 0.416 e. The van der Waals surface area contributed by atoms with Crippen molar-refractivity contribution in [3.8, 4) is 0 Å². The van der Waals surface area contributed by atoms with E-state index in [-0.39, 0.29) is 21.2 Å². The maximum atomic E-state index is 13.3. The summed E-state index contributed by atoms with van der Waals surface area (Å²) in [6.45, 7) is 3.83. The minimum absolute atomic E-state index is 0.0280. The molecular weight excluding hydrogens is 427 g/mol. The summed E-state index contributed by atoms with van der Waals surface area (Å²) in [5.41, 5.74) is 1.09. The topological polar surface area (TPSA) is 65.2 Å². The van der Waals surface area contributed by atoms with Crippen molar-refractivity contribution >= 4 is 26.4 Å². The van der Waals surface area contributed by atoms with Crippen molar-refractivity contribution in [3.05, 3.63) is 53.7 Å². The molecule has 0 bridgehead atoms. The number of aryl methyl sites for hydroxylation is 1. The van der Waals surface area contributed by atoms with Gasteiger partial charge in [-0.15, -0.1) is 0 Å². The Morgan fingerprint density at radius 1 is 1.10 bits per heavy atom. The highest BCUT2D eigenvalue weighted by Gasteiger charge is 2.32. The molecule has 0 spiro atoms. The molecule has 4 rings (SSSR count). The van der Waals surface area contributed by atoms with Crippen LogP contribution in [0.25, 0.3) is 10.9 Å². The molecule has 2 N–H and O–H groups in total. The van der Waals surface area contributed by atoms with Crippen LogP contribution in [0.2, 0.25) is 0 Å². The zero-order chi connectivity index (χ0) is 22.4. The summed E-state index contributed by atoms with van der Waals surface area (Å²) in [5.74, 6) is 0. The van der Waals surface area contributed by atoms with Gasteiger partial charge in [0.15, 0.2) is 0 Å². The minimum Gasteiger partial charge on any atom is -0.382 e. The molecule has 0 aliphatic carbocycles. The number of sulfone groups is 1. The maximum absolute atomic E-state index is 13.3. The first kappa shape index (κ1) is 21.7. The number of hydrogen-bond donors (Lipinski definition) is 2. The van der Waals surface area contributed by atoms with Crippen LogP contribution < -0.4 is 5.32 Å². The second kappa shape index (κ2) is 7.87. The van der Waals surface area contributed by atoms with E-state index in [4.69, 9.17) is 0 Å². The molecule has 0 radical (unpaired) electrons. The van der Waals surface area contributed by atoms with Crippen LogP contribution in [0.3, 0.4) is 0 Å². The SMILES string of the molecule is Cc1ccc(S(=O)(=O)c2c[nH]c3ccc(C(F)(F)F)cc23)cc1NC1CCN(C)CC1. The van der Waals surface area contributed by atoms with Crippen LogP contribution >= 0.6 is 0 Å². The van der Waals surface area contributed by atoms with Crippen LogP contribution in [-0.4, -0.2) is 44.5 Å². The summed E-state index contributed by atoms with van der Waals surface area (Å²) in [6, 6.07) is 8.11. The molecule has 1 saturated heterocycles. The molecule has 1 fully saturated rings. The molecule has 2 aromatic carbocycles. The molecule has 0 saturated carbocycles. The first-order valence-corrected chi connectivity index (χ1v) is 11.5. The van der Waals surface area contributed by atoms with E-state index in [1.807, 2.05) is 6.92 Å². The number of aromatic amines is 1. The Labute approximate surface area is 179 Å². The van der Waals surface area contributed by atoms with Crippen molar-refractivity contribution in [2.24, 2.45) is 0 Å². The van der Waals surface area contributed by atoms with Crippen LogP contribution in [0.5, 0.6) is 0 Å². The highest BCUT2D eigenvalue weighted by atomic mass is 32.2. The average molecular weight is 452 g/mol. The van der Waals surface area contributed by atoms with Crippen molar-refractivity contribution in [3.63, 3.8) is 0 Å². The highest BCUT2D eigenvalue weighted by Crippen LogP contribution is 2.35. The van der Waals surface area contributed by atoms with Crippen molar-refractivity contribution in [1.29, 1.82) is 0 Å². The lowest BCUT2D eigenvalue weighted by molar-refractivity contribution is -0.137. The Bertz CT molecular complexity index is 1210. The predicted molar refractivity (Wildman–Crippen MR) is 114 cm³/mol. The van der Waals surface area contributed by atoms with Crippen LogP contribution in [-0.2, 0) is 16.0 Å². The number of likely N-dealkylation sites (tertiary alicyclic amines) is 1. The third-order valence-corrected chi connectivity index (χ3v) is 7.65. The van der Waals surface area contributed by atoms with Gasteiger partial charge in [-0.2, -0.15) is 13.2 Å². The Balaban J connectivity index is 1.71. The number of rotatable bonds is 4. The van der Waals surface area contributed by atoms with E-state index < -0.39 is 21.6 Å². The number of piperidine rings is 1. The molecule has 0 unspecified atom stereocenters. The lowest BCUT2D eigenvalue weighted by Gasteiger charge is -2.30. The lowest BCUT2D eigenvalue weighted by Crippen LogP contribution is -2.36. The third-order valence-electron chi connectivity index (χ3n) is 5.86. The summed E-state index contributed by atoms with van der Waals surface area (Å²) in [7, 11) is -1.95. The molecule has 3 aromatic rings. The second-order valence-electron chi connectivity index (χ2n) is 8.11. The number of aromatic nitrogens is 1. The molecule has 2 heterocycles. The molecule has 1 aliphatic heterocycles. The summed E-state index contributed by atoms with van der Waals surface area (Å²) in [6.07, 6.45) is -1.39. The standard InChI is InChI=1S/C22H24F3N3O2S/c1-14-3-5-17(12-20(14)27-16-7-9-28(2)10-8-16)31(29,30)21-13-26-19-6-4-15(11-18(19)21)22(23,24)25/h3-6,11-13,16,26-27H,7-10H2,1-2H3. The highest BCUT2D eigenvalue weighted by molar-refractivity contribution is 7.91. The Kier molecular flexibility index (Phi) is 5.51. The minimum atomic E-state index is -4.55. The normalized spacial score (nSPS) is 16.7. The Morgan fingerprint density at radius 2 is 1.81 bits per heavy atom. The van der Waals surface area contributed by atoms with Crippen LogP contribution in [0.15, 0.2) is 52.4 Å². The number of fused-ring (bicyclic) bond motifs is 1. The van der Waals surface area contributed by atoms with Gasteiger partial charge < -0.3 is 15.2 Å². The maximum Gasteiger partial charge on any atom is 0.416 e. The van der Waals surface area contributed by atoms with Crippen molar-refractivity contribution in [2.45, 2.75) is 41.8 Å². The first-order chi connectivity index (χ1) is 14.6. The first-order valence-electron chi connectivity index (χ1n) is 10.0. The van der Waals surface area contributed by atoms with Crippen molar-refractivity contribution < 1.29 is 21.6 Å². The monoisotopic (exact) mass is 451 g/mol. The number of halogens is 3. The number of nitrogens with zero attached hydrogens (tertiary/aromatic N) is 1. The van der Waals surface area contributed by atoms with Gasteiger partial charge in [0.1, 0.15) is 0 Å². The van der Waals surface area contributed by atoms with Gasteiger partial charge in [-0.3, -0.25) is 0 Å². The predicted octanol–water partition coefficient (Wildman–Crippen LogP) is 4.83. The van der Waals surface area contributed by atoms with Gasteiger partial charge in [0.25, 0.3) is 0 Å². The zero-order valence-electron chi connectivity index (χ0n) is 17.3. The number of alkyl halides is 3. The number of anilines is 1. The molecule has 5 nitrogen and oxygen atoms in total. The molecule has 31 heavy (non-hydrogen) atoms. The van der Waals surface area contributed by atoms with E-state index in [0.29, 0.717) is 5.52 Å². The number of nitrogens with one attached hydrogen (secondary N) is 2. The van der Waals surface area contributed by atoms with Gasteiger partial charge in [-0.25, -0.2) is 8.42 Å². The van der Waals surface area contributed by atoms with Gasteiger partial charge in [0.2, 0.25) is 9.84 Å². The Hall–Kier alpha value is -2.52. The average Bonchev–Trinajstić information content (AvgIpc) is 3.14. The zero-order valence-corrected chi connectivity index (χ0v) is 18.1. The van der Waals surface area contributed by atoms with Crippen molar-refractivity contribution in [1.82, 2.24) is 9.88 Å². The molecule has 0 atom stereocenters. The quantitative estimate of drug-likeness (QED) is 0.596. The van der Waals surface area contributed by atoms with E-state index in [1.165, 1.54) is 18.3 Å². The third kappa shape index (κ3) is 4.29. The van der Waals surface area contributed by atoms with Gasteiger partial charge in [-0.05, 0) is 75.8 Å². The van der Waals surface area contributed by atoms with Gasteiger partial charge >= 0.3 is 6.18 Å². The summed E-state index contributed by atoms with van der Waals surface area (Å²) >= 11 is 0. The fourth-order valence-electron chi connectivity index (χ4n) is 3.92. The van der Waals surface area contributed by atoms with E-state index in [9.17, 15) is 21.6 Å². The van der Waals surface area contributed by atoms with Crippen molar-refractivity contribution in [2.75, 3.05) is 25.5 Å². The van der Waals surface area contributed by atoms with Gasteiger partial charge in [0, 0.05) is 28.8 Å². The van der Waals surface area contributed by atoms with E-state index >= 15 is 0 Å². The lowest BCUT2D eigenvalue weighted by atomic mass is 10.0. The summed E-state index contributed by atoms with van der Waals surface area (Å²) in [5, 5.41) is 3.47. The van der Waals surface area contributed by atoms with Gasteiger partial charge in [-0.1, -0.05) is 6.07 Å². The molecular formula is C22H24F3N3O2S. The summed E-state index contributed by atoms with van der Waals surface area (Å²) in [4.78, 5) is 4.90. The van der Waals surface area contributed by atoms with Gasteiger partial charge in [0.05, 0.1) is 15.4 Å². The molecule has 166 valence electrons. The Morgan fingerprint density at radius 3 is 2.48 bits per heavy atom. The smallest absolute Gasteiger partial charge is 0.382 e. The van der Waals surface area contributed by atoms with E-state index in [0.717, 1.165) is 49.3 Å².